The fourth-order valence-electron chi connectivity index (χ4n) is 2.79. The van der Waals surface area contributed by atoms with Gasteiger partial charge in [-0.3, -0.25) is 4.90 Å². The lowest BCUT2D eigenvalue weighted by atomic mass is 10.3. The van der Waals surface area contributed by atoms with E-state index in [4.69, 9.17) is 4.74 Å². The number of hydrogen-bond donors (Lipinski definition) is 1. The molecule has 0 spiro atoms. The van der Waals surface area contributed by atoms with E-state index in [0.717, 1.165) is 4.47 Å². The molecule has 142 valence electrons. The summed E-state index contributed by atoms with van der Waals surface area (Å²) in [5, 5.41) is 12.0. The molecular formula is C17H21BrN2O4S2. The summed E-state index contributed by atoms with van der Waals surface area (Å²) < 4.78 is 33.4. The van der Waals surface area contributed by atoms with Crippen molar-refractivity contribution in [2.45, 2.75) is 10.3 Å². The Bertz CT molecular complexity index is 806. The molecule has 3 rings (SSSR count). The van der Waals surface area contributed by atoms with Gasteiger partial charge >= 0.3 is 0 Å². The molecule has 0 aliphatic carbocycles. The first-order valence-electron chi connectivity index (χ1n) is 8.27. The highest BCUT2D eigenvalue weighted by atomic mass is 79.9. The van der Waals surface area contributed by atoms with Gasteiger partial charge < -0.3 is 9.84 Å². The predicted octanol–water partition coefficient (Wildman–Crippen LogP) is 2.26. The predicted molar refractivity (Wildman–Crippen MR) is 105 cm³/mol. The van der Waals surface area contributed by atoms with Crippen molar-refractivity contribution in [3.05, 3.63) is 46.3 Å². The highest BCUT2D eigenvalue weighted by Gasteiger charge is 2.29. The van der Waals surface area contributed by atoms with Crippen LogP contribution in [0.5, 0.6) is 5.75 Å². The fraction of sp³-hybridized carbons (Fsp3) is 0.412. The second-order valence-electron chi connectivity index (χ2n) is 6.06. The number of aliphatic hydroxyl groups is 1. The topological polar surface area (TPSA) is 70.1 Å². The Hall–Kier alpha value is -0.970. The lowest BCUT2D eigenvalue weighted by Crippen LogP contribution is -2.50. The van der Waals surface area contributed by atoms with Crippen LogP contribution in [0.1, 0.15) is 0 Å². The van der Waals surface area contributed by atoms with Crippen molar-refractivity contribution in [3.63, 3.8) is 0 Å². The maximum atomic E-state index is 12.5. The molecule has 2 aromatic rings. The highest BCUT2D eigenvalue weighted by molar-refractivity contribution is 9.10. The van der Waals surface area contributed by atoms with Crippen molar-refractivity contribution in [3.8, 4) is 5.75 Å². The van der Waals surface area contributed by atoms with Gasteiger partial charge in [-0.2, -0.15) is 4.31 Å². The van der Waals surface area contributed by atoms with Crippen LogP contribution in [0.25, 0.3) is 0 Å². The molecule has 2 heterocycles. The van der Waals surface area contributed by atoms with Crippen LogP contribution in [0.2, 0.25) is 0 Å². The van der Waals surface area contributed by atoms with Crippen molar-refractivity contribution >= 4 is 37.3 Å². The van der Waals surface area contributed by atoms with E-state index in [2.05, 4.69) is 20.8 Å². The van der Waals surface area contributed by atoms with Gasteiger partial charge in [0.1, 0.15) is 22.7 Å². The standard InChI is InChI=1S/C17H21BrN2O4S2/c18-14-3-1-4-16(11-14)24-13-15(21)12-19-6-8-20(9-7-19)26(22,23)17-5-2-10-25-17/h1-5,10-11,15,21H,6-9,12-13H2/t15-/m0/s1. The van der Waals surface area contributed by atoms with Crippen LogP contribution in [0.4, 0.5) is 0 Å². The summed E-state index contributed by atoms with van der Waals surface area (Å²) in [6.45, 7) is 2.71. The van der Waals surface area contributed by atoms with Crippen LogP contribution in [0.3, 0.4) is 0 Å². The summed E-state index contributed by atoms with van der Waals surface area (Å²) in [5.74, 6) is 0.699. The second-order valence-corrected chi connectivity index (χ2v) is 10.1. The van der Waals surface area contributed by atoms with Gasteiger partial charge in [-0.05, 0) is 29.6 Å². The Balaban J connectivity index is 1.45. The van der Waals surface area contributed by atoms with Crippen LogP contribution in [0, 0.1) is 0 Å². The summed E-state index contributed by atoms with van der Waals surface area (Å²) in [6.07, 6.45) is -0.630. The molecule has 0 amide bonds. The number of hydrogen-bond acceptors (Lipinski definition) is 6. The number of benzene rings is 1. The van der Waals surface area contributed by atoms with E-state index in [9.17, 15) is 13.5 Å². The molecule has 6 nitrogen and oxygen atoms in total. The molecule has 0 bridgehead atoms. The molecule has 1 fully saturated rings. The van der Waals surface area contributed by atoms with Gasteiger partial charge in [-0.15, -0.1) is 11.3 Å². The number of ether oxygens (including phenoxy) is 1. The van der Waals surface area contributed by atoms with Crippen LogP contribution >= 0.6 is 27.3 Å². The number of nitrogens with zero attached hydrogens (tertiary/aromatic N) is 2. The molecule has 0 unspecified atom stereocenters. The van der Waals surface area contributed by atoms with E-state index in [1.54, 1.807) is 17.5 Å². The van der Waals surface area contributed by atoms with Crippen molar-refractivity contribution in [2.75, 3.05) is 39.3 Å². The van der Waals surface area contributed by atoms with Gasteiger partial charge in [0.25, 0.3) is 10.0 Å². The molecule has 1 aromatic heterocycles. The molecule has 1 aromatic carbocycles. The van der Waals surface area contributed by atoms with Gasteiger partial charge in [0, 0.05) is 37.2 Å². The summed E-state index contributed by atoms with van der Waals surface area (Å²) in [5.41, 5.74) is 0. The molecule has 0 radical (unpaired) electrons. The molecule has 0 saturated carbocycles. The molecule has 1 saturated heterocycles. The molecule has 1 atom stereocenters. The minimum absolute atomic E-state index is 0.199. The number of rotatable bonds is 7. The molecule has 26 heavy (non-hydrogen) atoms. The minimum atomic E-state index is -3.39. The Kier molecular flexibility index (Phi) is 6.70. The lowest BCUT2D eigenvalue weighted by Gasteiger charge is -2.34. The maximum Gasteiger partial charge on any atom is 0.252 e. The summed E-state index contributed by atoms with van der Waals surface area (Å²) in [7, 11) is -3.39. The molecule has 1 aliphatic rings. The summed E-state index contributed by atoms with van der Waals surface area (Å²) in [6, 6.07) is 10.9. The maximum absolute atomic E-state index is 12.5. The zero-order valence-corrected chi connectivity index (χ0v) is 17.3. The highest BCUT2D eigenvalue weighted by Crippen LogP contribution is 2.22. The van der Waals surface area contributed by atoms with E-state index < -0.39 is 16.1 Å². The molecule has 1 aliphatic heterocycles. The number of thiophene rings is 1. The number of aliphatic hydroxyl groups excluding tert-OH is 1. The number of halogens is 1. The van der Waals surface area contributed by atoms with Crippen LogP contribution < -0.4 is 4.74 Å². The van der Waals surface area contributed by atoms with Crippen LogP contribution in [0.15, 0.2) is 50.5 Å². The average molecular weight is 461 g/mol. The summed E-state index contributed by atoms with van der Waals surface area (Å²) >= 11 is 4.62. The van der Waals surface area contributed by atoms with Crippen molar-refractivity contribution < 1.29 is 18.3 Å². The van der Waals surface area contributed by atoms with Gasteiger partial charge in [0.05, 0.1) is 0 Å². The minimum Gasteiger partial charge on any atom is -0.491 e. The fourth-order valence-corrected chi connectivity index (χ4v) is 5.73. The van der Waals surface area contributed by atoms with Crippen molar-refractivity contribution in [1.29, 1.82) is 0 Å². The summed E-state index contributed by atoms with van der Waals surface area (Å²) in [4.78, 5) is 2.06. The first kappa shape index (κ1) is 19.8. The largest absolute Gasteiger partial charge is 0.491 e. The van der Waals surface area contributed by atoms with Crippen molar-refractivity contribution in [2.24, 2.45) is 0 Å². The Morgan fingerprint density at radius 2 is 1.96 bits per heavy atom. The molecule has 9 heteroatoms. The van der Waals surface area contributed by atoms with Gasteiger partial charge in [0.15, 0.2) is 0 Å². The normalized spacial score (nSPS) is 17.9. The van der Waals surface area contributed by atoms with E-state index in [-0.39, 0.29) is 6.61 Å². The first-order valence-corrected chi connectivity index (χ1v) is 11.4. The Labute approximate surface area is 166 Å². The zero-order chi connectivity index (χ0) is 18.6. The third-order valence-corrected chi connectivity index (χ3v) is 7.89. The average Bonchev–Trinajstić information content (AvgIpc) is 3.16. The number of sulfonamides is 1. The third-order valence-electron chi connectivity index (χ3n) is 4.13. The smallest absolute Gasteiger partial charge is 0.252 e. The Morgan fingerprint density at radius 3 is 2.62 bits per heavy atom. The van der Waals surface area contributed by atoms with E-state index in [0.29, 0.717) is 42.7 Å². The van der Waals surface area contributed by atoms with E-state index in [1.165, 1.54) is 15.6 Å². The van der Waals surface area contributed by atoms with Crippen LogP contribution in [-0.4, -0.2) is 68.2 Å². The molecular weight excluding hydrogens is 440 g/mol. The van der Waals surface area contributed by atoms with Gasteiger partial charge in [-0.25, -0.2) is 8.42 Å². The van der Waals surface area contributed by atoms with Gasteiger partial charge in [0.2, 0.25) is 0 Å². The zero-order valence-electron chi connectivity index (χ0n) is 14.1. The van der Waals surface area contributed by atoms with Crippen LogP contribution in [-0.2, 0) is 10.0 Å². The van der Waals surface area contributed by atoms with E-state index >= 15 is 0 Å². The first-order chi connectivity index (χ1) is 12.4. The second kappa shape index (κ2) is 8.81. The quantitative estimate of drug-likeness (QED) is 0.685. The van der Waals surface area contributed by atoms with Crippen molar-refractivity contribution in [1.82, 2.24) is 9.21 Å². The molecule has 1 N–H and O–H groups in total. The number of piperazine rings is 1. The SMILES string of the molecule is O=S(=O)(c1cccs1)N1CCN(C[C@H](O)COc2cccc(Br)c2)CC1. The van der Waals surface area contributed by atoms with E-state index in [1.807, 2.05) is 24.3 Å². The van der Waals surface area contributed by atoms with Gasteiger partial charge in [-0.1, -0.05) is 28.1 Å². The monoisotopic (exact) mass is 460 g/mol. The lowest BCUT2D eigenvalue weighted by molar-refractivity contribution is 0.0569. The number of β-amino-alcohol motifs (C(OH)–C–C–N with tert-alkyl or cyclic N) is 1. The Morgan fingerprint density at radius 1 is 1.19 bits per heavy atom. The third kappa shape index (κ3) is 5.05.